The van der Waals surface area contributed by atoms with E-state index in [4.69, 9.17) is 17.3 Å². The number of rotatable bonds is 2. The Labute approximate surface area is 89.8 Å². The normalized spacial score (nSPS) is 13.7. The zero-order chi connectivity index (χ0) is 11.6. The molecule has 84 valence electrons. The molecule has 0 aliphatic rings. The molecule has 0 bridgehead atoms. The molecule has 0 aliphatic carbocycles. The summed E-state index contributed by atoms with van der Waals surface area (Å²) in [6, 6.07) is 4.36. The van der Waals surface area contributed by atoms with Crippen LogP contribution in [0.5, 0.6) is 5.75 Å². The molecule has 0 saturated heterocycles. The maximum absolute atomic E-state index is 12.2. The molecular formula is C9H9ClF3NO. The minimum absolute atomic E-state index is 0.0612. The second kappa shape index (κ2) is 4.18. The zero-order valence-electron chi connectivity index (χ0n) is 7.81. The van der Waals surface area contributed by atoms with Gasteiger partial charge < -0.3 is 10.5 Å². The molecule has 15 heavy (non-hydrogen) atoms. The average molecular weight is 240 g/mol. The van der Waals surface area contributed by atoms with Crippen LogP contribution in [0.15, 0.2) is 18.2 Å². The first kappa shape index (κ1) is 12.0. The van der Waals surface area contributed by atoms with E-state index in [1.807, 2.05) is 0 Å². The fourth-order valence-corrected chi connectivity index (χ4v) is 1.12. The number of halogens is 4. The van der Waals surface area contributed by atoms with Gasteiger partial charge in [0.15, 0.2) is 11.9 Å². The molecule has 1 aromatic rings. The number of para-hydroxylation sites is 1. The molecule has 0 fully saturated rings. The van der Waals surface area contributed by atoms with Gasteiger partial charge >= 0.3 is 6.18 Å². The minimum Gasteiger partial charge on any atom is -0.478 e. The average Bonchev–Trinajstić information content (AvgIpc) is 2.09. The first-order chi connectivity index (χ1) is 6.82. The van der Waals surface area contributed by atoms with Gasteiger partial charge in [0.05, 0.1) is 10.7 Å². The van der Waals surface area contributed by atoms with Gasteiger partial charge in [-0.2, -0.15) is 13.2 Å². The molecule has 2 N–H and O–H groups in total. The lowest BCUT2D eigenvalue weighted by Crippen LogP contribution is -2.31. The third kappa shape index (κ3) is 2.92. The van der Waals surface area contributed by atoms with Crippen LogP contribution in [0.4, 0.5) is 18.9 Å². The smallest absolute Gasteiger partial charge is 0.425 e. The Morgan fingerprint density at radius 1 is 1.40 bits per heavy atom. The van der Waals surface area contributed by atoms with Gasteiger partial charge in [0.2, 0.25) is 0 Å². The van der Waals surface area contributed by atoms with Gasteiger partial charge in [0, 0.05) is 0 Å². The Bertz CT molecular complexity index is 333. The summed E-state index contributed by atoms with van der Waals surface area (Å²) in [5.41, 5.74) is 5.52. The second-order valence-corrected chi connectivity index (χ2v) is 3.37. The number of nitrogen functional groups attached to an aromatic ring is 1. The van der Waals surface area contributed by atoms with Gasteiger partial charge in [-0.25, -0.2) is 0 Å². The van der Waals surface area contributed by atoms with Crippen LogP contribution in [0.1, 0.15) is 6.92 Å². The predicted octanol–water partition coefficient (Wildman–Crippen LogP) is 3.25. The predicted molar refractivity (Wildman–Crippen MR) is 52.0 cm³/mol. The van der Waals surface area contributed by atoms with Crippen LogP contribution in [0.2, 0.25) is 5.02 Å². The van der Waals surface area contributed by atoms with E-state index in [1.54, 1.807) is 0 Å². The summed E-state index contributed by atoms with van der Waals surface area (Å²) in [6.45, 7) is 0.892. The van der Waals surface area contributed by atoms with Gasteiger partial charge in [0.1, 0.15) is 0 Å². The monoisotopic (exact) mass is 239 g/mol. The second-order valence-electron chi connectivity index (χ2n) is 2.96. The van der Waals surface area contributed by atoms with E-state index in [9.17, 15) is 13.2 Å². The van der Waals surface area contributed by atoms with Gasteiger partial charge in [-0.05, 0) is 19.1 Å². The van der Waals surface area contributed by atoms with E-state index in [-0.39, 0.29) is 16.5 Å². The summed E-state index contributed by atoms with van der Waals surface area (Å²) in [5.74, 6) is -0.135. The van der Waals surface area contributed by atoms with Crippen LogP contribution in [0, 0.1) is 0 Å². The van der Waals surface area contributed by atoms with E-state index >= 15 is 0 Å². The Balaban J connectivity index is 2.90. The molecule has 1 aromatic carbocycles. The van der Waals surface area contributed by atoms with Gasteiger partial charge in [0.25, 0.3) is 0 Å². The Hall–Kier alpha value is -1.10. The number of hydrogen-bond acceptors (Lipinski definition) is 2. The lowest BCUT2D eigenvalue weighted by molar-refractivity contribution is -0.189. The highest BCUT2D eigenvalue weighted by molar-refractivity contribution is 6.32. The summed E-state index contributed by atoms with van der Waals surface area (Å²) in [5, 5.41) is 0.0612. The van der Waals surface area contributed by atoms with Crippen molar-refractivity contribution in [2.75, 3.05) is 5.73 Å². The van der Waals surface area contributed by atoms with Crippen LogP contribution < -0.4 is 10.5 Å². The maximum Gasteiger partial charge on any atom is 0.425 e. The van der Waals surface area contributed by atoms with Crippen molar-refractivity contribution in [2.45, 2.75) is 19.2 Å². The van der Waals surface area contributed by atoms with E-state index in [1.165, 1.54) is 18.2 Å². The highest BCUT2D eigenvalue weighted by atomic mass is 35.5. The number of ether oxygens (including phenoxy) is 1. The molecule has 0 amide bonds. The van der Waals surface area contributed by atoms with Crippen molar-refractivity contribution >= 4 is 17.3 Å². The Morgan fingerprint density at radius 2 is 2.00 bits per heavy atom. The molecule has 1 unspecified atom stereocenters. The van der Waals surface area contributed by atoms with Crippen molar-refractivity contribution in [3.05, 3.63) is 23.2 Å². The van der Waals surface area contributed by atoms with Crippen molar-refractivity contribution < 1.29 is 17.9 Å². The SMILES string of the molecule is CC(Oc1c(N)cccc1Cl)C(F)(F)F. The summed E-state index contributed by atoms with van der Waals surface area (Å²) in [6.07, 6.45) is -6.38. The highest BCUT2D eigenvalue weighted by Gasteiger charge is 2.38. The Morgan fingerprint density at radius 3 is 2.47 bits per heavy atom. The van der Waals surface area contributed by atoms with Crippen molar-refractivity contribution in [3.8, 4) is 5.75 Å². The third-order valence-electron chi connectivity index (χ3n) is 1.75. The number of anilines is 1. The van der Waals surface area contributed by atoms with Gasteiger partial charge in [-0.3, -0.25) is 0 Å². The van der Waals surface area contributed by atoms with Crippen molar-refractivity contribution in [3.63, 3.8) is 0 Å². The quantitative estimate of drug-likeness (QED) is 0.804. The summed E-state index contributed by atoms with van der Waals surface area (Å²) in [7, 11) is 0. The molecule has 0 aromatic heterocycles. The number of benzene rings is 1. The molecule has 6 heteroatoms. The molecule has 1 atom stereocenters. The van der Waals surface area contributed by atoms with E-state index in [0.717, 1.165) is 6.92 Å². The number of nitrogens with two attached hydrogens (primary N) is 1. The molecule has 2 nitrogen and oxygen atoms in total. The van der Waals surface area contributed by atoms with Crippen LogP contribution in [-0.2, 0) is 0 Å². The molecule has 0 saturated carbocycles. The van der Waals surface area contributed by atoms with Crippen molar-refractivity contribution in [1.82, 2.24) is 0 Å². The molecule has 0 radical (unpaired) electrons. The van der Waals surface area contributed by atoms with E-state index in [0.29, 0.717) is 0 Å². The molecule has 0 aliphatic heterocycles. The maximum atomic E-state index is 12.2. The van der Waals surface area contributed by atoms with Crippen LogP contribution in [0.25, 0.3) is 0 Å². The van der Waals surface area contributed by atoms with E-state index in [2.05, 4.69) is 4.74 Å². The van der Waals surface area contributed by atoms with Gasteiger partial charge in [-0.15, -0.1) is 0 Å². The lowest BCUT2D eigenvalue weighted by atomic mass is 10.3. The highest BCUT2D eigenvalue weighted by Crippen LogP contribution is 2.34. The van der Waals surface area contributed by atoms with Crippen molar-refractivity contribution in [1.29, 1.82) is 0 Å². The summed E-state index contributed by atoms with van der Waals surface area (Å²) >= 11 is 5.65. The largest absolute Gasteiger partial charge is 0.478 e. The van der Waals surface area contributed by atoms with Crippen LogP contribution in [0.3, 0.4) is 0 Å². The number of alkyl halides is 3. The van der Waals surface area contributed by atoms with Crippen molar-refractivity contribution in [2.24, 2.45) is 0 Å². The molecule has 0 heterocycles. The number of hydrogen-bond donors (Lipinski definition) is 1. The van der Waals surface area contributed by atoms with Crippen LogP contribution >= 0.6 is 11.6 Å². The van der Waals surface area contributed by atoms with Crippen LogP contribution in [-0.4, -0.2) is 12.3 Å². The summed E-state index contributed by atoms with van der Waals surface area (Å²) in [4.78, 5) is 0. The third-order valence-corrected chi connectivity index (χ3v) is 2.05. The summed E-state index contributed by atoms with van der Waals surface area (Å²) < 4.78 is 41.2. The standard InChI is InChI=1S/C9H9ClF3NO/c1-5(9(11,12)13)15-8-6(10)3-2-4-7(8)14/h2-5H,14H2,1H3. The fourth-order valence-electron chi connectivity index (χ4n) is 0.893. The lowest BCUT2D eigenvalue weighted by Gasteiger charge is -2.19. The minimum atomic E-state index is -4.44. The molecule has 0 spiro atoms. The van der Waals surface area contributed by atoms with Gasteiger partial charge in [-0.1, -0.05) is 17.7 Å². The first-order valence-electron chi connectivity index (χ1n) is 4.09. The Kier molecular flexibility index (Phi) is 3.34. The fraction of sp³-hybridized carbons (Fsp3) is 0.333. The zero-order valence-corrected chi connectivity index (χ0v) is 8.56. The van der Waals surface area contributed by atoms with E-state index < -0.39 is 12.3 Å². The topological polar surface area (TPSA) is 35.2 Å². The molecular weight excluding hydrogens is 231 g/mol. The first-order valence-corrected chi connectivity index (χ1v) is 4.47. The molecule has 1 rings (SSSR count).